The molecule has 0 radical (unpaired) electrons. The van der Waals surface area contributed by atoms with Gasteiger partial charge in [0.05, 0.1) is 26.8 Å². The Labute approximate surface area is 258 Å². The first-order valence-electron chi connectivity index (χ1n) is 12.5. The topological polar surface area (TPSA) is 133 Å². The summed E-state index contributed by atoms with van der Waals surface area (Å²) in [4.78, 5) is 0. The van der Waals surface area contributed by atoms with E-state index in [0.717, 1.165) is 17.7 Å². The Morgan fingerprint density at radius 3 is 1.54 bits per heavy atom. The monoisotopic (exact) mass is 574 g/mol. The second kappa shape index (κ2) is 20.1. The number of hydrogen-bond donors (Lipinski definition) is 0. The molecule has 0 aromatic carbocycles. The molecule has 1 unspecified atom stereocenters. The Balaban J connectivity index is 0.00000578. The van der Waals surface area contributed by atoms with Crippen LogP contribution in [-0.4, -0.2) is 80.9 Å². The molecule has 2 rings (SSSR count). The van der Waals surface area contributed by atoms with Crippen LogP contribution >= 0.6 is 7.92 Å². The third kappa shape index (κ3) is 17.5. The molecule has 13 heteroatoms. The van der Waals surface area contributed by atoms with E-state index in [4.69, 9.17) is 9.47 Å². The molecule has 2 aliphatic rings. The number of hydrogen-bond acceptors (Lipinski definition) is 8. The summed E-state index contributed by atoms with van der Waals surface area (Å²) >= 11 is 0. The van der Waals surface area contributed by atoms with Crippen LogP contribution in [0.15, 0.2) is 0 Å². The van der Waals surface area contributed by atoms with Crippen molar-refractivity contribution in [3.8, 4) is 0 Å². The van der Waals surface area contributed by atoms with Crippen LogP contribution in [0.5, 0.6) is 0 Å². The van der Waals surface area contributed by atoms with Crippen LogP contribution < -0.4 is 59.1 Å². The van der Waals surface area contributed by atoms with Gasteiger partial charge in [0.2, 0.25) is 0 Å². The first-order valence-corrected chi connectivity index (χ1v) is 17.2. The van der Waals surface area contributed by atoms with Crippen LogP contribution in [0.2, 0.25) is 0 Å². The van der Waals surface area contributed by atoms with Crippen molar-refractivity contribution in [2.75, 3.05) is 37.9 Å². The van der Waals surface area contributed by atoms with Crippen molar-refractivity contribution in [1.82, 2.24) is 0 Å². The maximum Gasteiger partial charge on any atom is 1.00 e. The van der Waals surface area contributed by atoms with Gasteiger partial charge in [-0.3, -0.25) is 0 Å². The molecule has 0 saturated heterocycles. The van der Waals surface area contributed by atoms with Gasteiger partial charge < -0.3 is 18.6 Å². The summed E-state index contributed by atoms with van der Waals surface area (Å²) in [6.07, 6.45) is 14.1. The van der Waals surface area contributed by atoms with Crippen LogP contribution in [-0.2, 0) is 29.7 Å². The minimum Gasteiger partial charge on any atom is -0.748 e. The van der Waals surface area contributed by atoms with E-state index in [1.165, 1.54) is 64.2 Å². The van der Waals surface area contributed by atoms with Crippen molar-refractivity contribution in [1.29, 1.82) is 0 Å². The van der Waals surface area contributed by atoms with Gasteiger partial charge in [0.15, 0.2) is 0 Å². The zero-order valence-electron chi connectivity index (χ0n) is 21.7. The molecular weight excluding hydrogens is 533 g/mol. The van der Waals surface area contributed by atoms with E-state index >= 15 is 0 Å². The number of rotatable bonds is 16. The average molecular weight is 575 g/mol. The predicted octanol–water partition coefficient (Wildman–Crippen LogP) is -2.20. The van der Waals surface area contributed by atoms with Gasteiger partial charge in [-0.2, -0.15) is 0 Å². The fourth-order valence-corrected chi connectivity index (χ4v) is 10.5. The average Bonchev–Trinajstić information content (AvgIpc) is 2.75. The summed E-state index contributed by atoms with van der Waals surface area (Å²) in [5.74, 6) is -0.803. The SMILES string of the molecule is O=S(=O)([O-])CCCOCCC(COCCCS(=O)(=O)[O-])P(C1CCCCC1)C1CCCCC1.[Na+].[Na+]. The van der Waals surface area contributed by atoms with Gasteiger partial charge in [-0.1, -0.05) is 46.4 Å². The molecule has 0 aromatic heterocycles. The van der Waals surface area contributed by atoms with Crippen LogP contribution in [0.1, 0.15) is 83.5 Å². The molecular formula is C22H41Na2O8PS2. The van der Waals surface area contributed by atoms with E-state index in [9.17, 15) is 25.9 Å². The fourth-order valence-electron chi connectivity index (χ4n) is 5.19. The standard InChI is InChI=1S/C22H43O8PS2.2Na/c23-32(24,25)17-7-14-29-16-13-22(19-30-15-8-18-33(26,27)28)31(20-9-3-1-4-10-20)21-11-5-2-6-12-21;;/h20-22H,1-19H2,(H,23,24,25)(H,26,27,28);;/q;2*+1/p-2. The van der Waals surface area contributed by atoms with Gasteiger partial charge in [0, 0.05) is 37.0 Å². The van der Waals surface area contributed by atoms with Crippen molar-refractivity contribution in [3.05, 3.63) is 0 Å². The van der Waals surface area contributed by atoms with E-state index in [-0.39, 0.29) is 93.1 Å². The molecule has 2 fully saturated rings. The van der Waals surface area contributed by atoms with Crippen molar-refractivity contribution in [2.24, 2.45) is 0 Å². The maximum atomic E-state index is 10.9. The van der Waals surface area contributed by atoms with E-state index < -0.39 is 31.7 Å². The zero-order chi connectivity index (χ0) is 24.2. The molecule has 35 heavy (non-hydrogen) atoms. The molecule has 0 N–H and O–H groups in total. The molecule has 1 atom stereocenters. The quantitative estimate of drug-likeness (QED) is 0.0879. The smallest absolute Gasteiger partial charge is 0.748 e. The molecule has 2 aliphatic carbocycles. The largest absolute Gasteiger partial charge is 1.00 e. The Hall–Kier alpha value is 2.17. The first kappa shape index (κ1) is 37.2. The summed E-state index contributed by atoms with van der Waals surface area (Å²) in [7, 11) is -8.71. The summed E-state index contributed by atoms with van der Waals surface area (Å²) in [6.45, 7) is 1.57. The molecule has 2 saturated carbocycles. The zero-order valence-corrected chi connectivity index (χ0v) is 28.2. The third-order valence-corrected chi connectivity index (χ3v) is 12.2. The van der Waals surface area contributed by atoms with Gasteiger partial charge in [-0.05, 0) is 56.3 Å². The third-order valence-electron chi connectivity index (χ3n) is 6.69. The van der Waals surface area contributed by atoms with Gasteiger partial charge in [0.25, 0.3) is 0 Å². The van der Waals surface area contributed by atoms with Crippen molar-refractivity contribution >= 4 is 28.2 Å². The Morgan fingerprint density at radius 1 is 0.686 bits per heavy atom. The Kier molecular flexibility index (Phi) is 21.4. The van der Waals surface area contributed by atoms with Crippen molar-refractivity contribution < 1.29 is 94.5 Å². The molecule has 0 heterocycles. The second-order valence-electron chi connectivity index (χ2n) is 9.39. The molecule has 8 nitrogen and oxygen atoms in total. The van der Waals surface area contributed by atoms with Crippen LogP contribution in [0.3, 0.4) is 0 Å². The number of ether oxygens (including phenoxy) is 2. The Morgan fingerprint density at radius 2 is 1.11 bits per heavy atom. The Bertz CT molecular complexity index is 725. The maximum absolute atomic E-state index is 10.9. The van der Waals surface area contributed by atoms with E-state index in [0.29, 0.717) is 18.9 Å². The summed E-state index contributed by atoms with van der Waals surface area (Å²) in [6, 6.07) is 0. The summed E-state index contributed by atoms with van der Waals surface area (Å²) < 4.78 is 76.5. The van der Waals surface area contributed by atoms with Crippen molar-refractivity contribution in [3.63, 3.8) is 0 Å². The molecule has 0 spiro atoms. The first-order chi connectivity index (χ1) is 15.7. The van der Waals surface area contributed by atoms with Crippen LogP contribution in [0, 0.1) is 0 Å². The summed E-state index contributed by atoms with van der Waals surface area (Å²) in [5.41, 5.74) is 1.81. The van der Waals surface area contributed by atoms with E-state index in [2.05, 4.69) is 0 Å². The molecule has 0 aromatic rings. The summed E-state index contributed by atoms with van der Waals surface area (Å²) in [5, 5.41) is 0. The van der Waals surface area contributed by atoms with Gasteiger partial charge in [-0.25, -0.2) is 16.8 Å². The fraction of sp³-hybridized carbons (Fsp3) is 1.00. The van der Waals surface area contributed by atoms with Crippen molar-refractivity contribution in [2.45, 2.75) is 100 Å². The van der Waals surface area contributed by atoms with Gasteiger partial charge >= 0.3 is 59.1 Å². The van der Waals surface area contributed by atoms with E-state index in [1.54, 1.807) is 0 Å². The second-order valence-corrected chi connectivity index (χ2v) is 15.5. The van der Waals surface area contributed by atoms with E-state index in [1.807, 2.05) is 0 Å². The van der Waals surface area contributed by atoms with Crippen LogP contribution in [0.25, 0.3) is 0 Å². The molecule has 0 aliphatic heterocycles. The van der Waals surface area contributed by atoms with Gasteiger partial charge in [0.1, 0.15) is 0 Å². The van der Waals surface area contributed by atoms with Gasteiger partial charge in [-0.15, -0.1) is 0 Å². The predicted molar refractivity (Wildman–Crippen MR) is 129 cm³/mol. The molecule has 196 valence electrons. The minimum atomic E-state index is -4.22. The van der Waals surface area contributed by atoms with Crippen LogP contribution in [0.4, 0.5) is 0 Å². The molecule has 0 bridgehead atoms. The normalized spacial score (nSPS) is 19.2. The molecule has 0 amide bonds. The minimum absolute atomic E-state index is 0.